The van der Waals surface area contributed by atoms with Crippen LogP contribution in [0.4, 0.5) is 11.6 Å². The molecule has 10 nitrogen and oxygen atoms in total. The lowest BCUT2D eigenvalue weighted by molar-refractivity contribution is 0.0996. The van der Waals surface area contributed by atoms with E-state index in [1.807, 2.05) is 43.3 Å². The number of carbonyl (C=O) groups is 1. The van der Waals surface area contributed by atoms with E-state index in [2.05, 4.69) is 30.5 Å². The van der Waals surface area contributed by atoms with Crippen molar-refractivity contribution in [2.24, 2.45) is 5.73 Å². The molecule has 0 aliphatic heterocycles. The molecule has 0 fully saturated rings. The molecule has 0 saturated carbocycles. The topological polar surface area (TPSA) is 161 Å². The van der Waals surface area contributed by atoms with Gasteiger partial charge in [-0.2, -0.15) is 5.10 Å². The first-order chi connectivity index (χ1) is 16.5. The maximum atomic E-state index is 12.2. The van der Waals surface area contributed by atoms with E-state index in [0.717, 1.165) is 27.6 Å². The Morgan fingerprint density at radius 3 is 2.71 bits per heavy atom. The number of anilines is 2. The Labute approximate surface area is 194 Å². The summed E-state index contributed by atoms with van der Waals surface area (Å²) in [5.41, 5.74) is 16.7. The number of amides is 1. The number of H-pyrrole nitrogens is 1. The molecule has 5 rings (SSSR count). The van der Waals surface area contributed by atoms with Gasteiger partial charge < -0.3 is 16.8 Å². The number of nitrogens with two attached hydrogens (primary N) is 2. The molecule has 168 valence electrons. The second-order valence-electron chi connectivity index (χ2n) is 7.74. The second kappa shape index (κ2) is 8.58. The molecule has 3 heterocycles. The van der Waals surface area contributed by atoms with Crippen molar-refractivity contribution >= 4 is 28.4 Å². The van der Waals surface area contributed by atoms with Crippen LogP contribution in [0.5, 0.6) is 0 Å². The maximum absolute atomic E-state index is 12.2. The number of nitrogen functional groups attached to an aromatic ring is 1. The first-order valence-corrected chi connectivity index (χ1v) is 10.5. The zero-order valence-corrected chi connectivity index (χ0v) is 18.3. The van der Waals surface area contributed by atoms with E-state index in [1.165, 1.54) is 0 Å². The quantitative estimate of drug-likeness (QED) is 0.306. The van der Waals surface area contributed by atoms with Gasteiger partial charge >= 0.3 is 0 Å². The van der Waals surface area contributed by atoms with E-state index in [1.54, 1.807) is 24.7 Å². The third-order valence-electron chi connectivity index (χ3n) is 5.45. The fourth-order valence-corrected chi connectivity index (χ4v) is 3.81. The molecule has 0 radical (unpaired) electrons. The van der Waals surface area contributed by atoms with Gasteiger partial charge in [0.1, 0.15) is 0 Å². The second-order valence-corrected chi connectivity index (χ2v) is 7.74. The van der Waals surface area contributed by atoms with Gasteiger partial charge in [0.05, 0.1) is 23.1 Å². The lowest BCUT2D eigenvalue weighted by Crippen LogP contribution is -2.18. The number of rotatable bonds is 6. The van der Waals surface area contributed by atoms with E-state index < -0.39 is 5.91 Å². The average Bonchev–Trinajstić information content (AvgIpc) is 3.33. The molecule has 0 bridgehead atoms. The summed E-state index contributed by atoms with van der Waals surface area (Å²) >= 11 is 0. The number of aromatic nitrogens is 6. The van der Waals surface area contributed by atoms with Gasteiger partial charge in [0.15, 0.2) is 11.5 Å². The Balaban J connectivity index is 1.60. The molecule has 5 aromatic rings. The lowest BCUT2D eigenvalue weighted by atomic mass is 9.99. The number of carbonyl (C=O) groups excluding carboxylic acids is 1. The van der Waals surface area contributed by atoms with Crippen LogP contribution in [0.25, 0.3) is 33.5 Å². The standard InChI is InChI=1S/C24H21N9O/c1-13-6-7-17-16(12-30-33-17)18(13)20-19(25)21(22(26)34)32-23(31-20)15-5-2-4-14(10-15)11-29-24-27-8-3-9-28-24/h2-10,12H,11,25H2,1H3,(H2,26,34)(H,30,33)(H,27,28,29). The fraction of sp³-hybridized carbons (Fsp3) is 0.0833. The van der Waals surface area contributed by atoms with Gasteiger partial charge in [-0.15, -0.1) is 0 Å². The molecule has 10 heteroatoms. The van der Waals surface area contributed by atoms with E-state index in [4.69, 9.17) is 16.5 Å². The van der Waals surface area contributed by atoms with Crippen LogP contribution in [0.1, 0.15) is 21.6 Å². The number of benzene rings is 2. The molecule has 0 saturated heterocycles. The molecule has 6 N–H and O–H groups in total. The van der Waals surface area contributed by atoms with E-state index in [9.17, 15) is 4.79 Å². The predicted octanol–water partition coefficient (Wildman–Crippen LogP) is 3.08. The summed E-state index contributed by atoms with van der Waals surface area (Å²) in [6, 6.07) is 13.3. The SMILES string of the molecule is Cc1ccc2[nH]ncc2c1-c1nc(-c2cccc(CNc3ncccn3)c2)nc(C(N)=O)c1N. The zero-order valence-electron chi connectivity index (χ0n) is 18.3. The highest BCUT2D eigenvalue weighted by molar-refractivity contribution is 6.04. The van der Waals surface area contributed by atoms with Gasteiger partial charge in [-0.3, -0.25) is 9.89 Å². The molecule has 0 spiro atoms. The van der Waals surface area contributed by atoms with Crippen molar-refractivity contribution in [3.05, 3.63) is 77.9 Å². The van der Waals surface area contributed by atoms with Crippen molar-refractivity contribution in [1.29, 1.82) is 0 Å². The molecule has 3 aromatic heterocycles. The molecule has 2 aromatic carbocycles. The third-order valence-corrected chi connectivity index (χ3v) is 5.45. The first-order valence-electron chi connectivity index (χ1n) is 10.5. The van der Waals surface area contributed by atoms with E-state index in [0.29, 0.717) is 29.6 Å². The minimum atomic E-state index is -0.724. The third kappa shape index (κ3) is 3.88. The number of aryl methyl sites for hydroxylation is 1. The van der Waals surface area contributed by atoms with Gasteiger partial charge in [-0.1, -0.05) is 24.3 Å². The predicted molar refractivity (Wildman–Crippen MR) is 130 cm³/mol. The van der Waals surface area contributed by atoms with Crippen molar-refractivity contribution in [2.75, 3.05) is 11.1 Å². The van der Waals surface area contributed by atoms with Crippen LogP contribution in [-0.2, 0) is 6.54 Å². The summed E-state index contributed by atoms with van der Waals surface area (Å²) in [4.78, 5) is 29.7. The highest BCUT2D eigenvalue weighted by atomic mass is 16.1. The molecule has 34 heavy (non-hydrogen) atoms. The Bertz CT molecular complexity index is 1510. The van der Waals surface area contributed by atoms with Gasteiger partial charge in [-0.25, -0.2) is 19.9 Å². The fourth-order valence-electron chi connectivity index (χ4n) is 3.81. The number of fused-ring (bicyclic) bond motifs is 1. The molecule has 0 unspecified atom stereocenters. The van der Waals surface area contributed by atoms with Crippen LogP contribution in [0.2, 0.25) is 0 Å². The van der Waals surface area contributed by atoms with Crippen molar-refractivity contribution in [3.63, 3.8) is 0 Å². The van der Waals surface area contributed by atoms with Crippen LogP contribution in [-0.4, -0.2) is 36.0 Å². The Hall–Kier alpha value is -4.86. The van der Waals surface area contributed by atoms with Crippen molar-refractivity contribution in [1.82, 2.24) is 30.1 Å². The minimum absolute atomic E-state index is 0.0267. The largest absolute Gasteiger partial charge is 0.395 e. The summed E-state index contributed by atoms with van der Waals surface area (Å²) in [5, 5.41) is 11.1. The molecule has 0 atom stereocenters. The highest BCUT2D eigenvalue weighted by Gasteiger charge is 2.21. The summed E-state index contributed by atoms with van der Waals surface area (Å²) in [7, 11) is 0. The summed E-state index contributed by atoms with van der Waals surface area (Å²) in [6.45, 7) is 2.45. The molecule has 0 aliphatic carbocycles. The summed E-state index contributed by atoms with van der Waals surface area (Å²) in [5.74, 6) is 0.146. The minimum Gasteiger partial charge on any atom is -0.395 e. The van der Waals surface area contributed by atoms with Gasteiger partial charge in [0.2, 0.25) is 5.95 Å². The number of hydrogen-bond acceptors (Lipinski definition) is 8. The van der Waals surface area contributed by atoms with Crippen LogP contribution >= 0.6 is 0 Å². The molecule has 1 amide bonds. The van der Waals surface area contributed by atoms with Gasteiger partial charge in [-0.05, 0) is 36.2 Å². The van der Waals surface area contributed by atoms with Crippen LogP contribution in [0.3, 0.4) is 0 Å². The normalized spacial score (nSPS) is 11.0. The van der Waals surface area contributed by atoms with E-state index >= 15 is 0 Å². The molecular formula is C24H21N9O. The number of nitrogens with zero attached hydrogens (tertiary/aromatic N) is 5. The number of primary amides is 1. The van der Waals surface area contributed by atoms with Crippen LogP contribution < -0.4 is 16.8 Å². The number of hydrogen-bond donors (Lipinski definition) is 4. The van der Waals surface area contributed by atoms with Crippen molar-refractivity contribution < 1.29 is 4.79 Å². The molecular weight excluding hydrogens is 430 g/mol. The Kier molecular flexibility index (Phi) is 5.30. The Morgan fingerprint density at radius 1 is 1.09 bits per heavy atom. The smallest absolute Gasteiger partial charge is 0.269 e. The monoisotopic (exact) mass is 451 g/mol. The summed E-state index contributed by atoms with van der Waals surface area (Å²) in [6.07, 6.45) is 5.05. The van der Waals surface area contributed by atoms with Crippen molar-refractivity contribution in [3.8, 4) is 22.6 Å². The Morgan fingerprint density at radius 2 is 1.91 bits per heavy atom. The molecule has 0 aliphatic rings. The zero-order chi connectivity index (χ0) is 23.7. The van der Waals surface area contributed by atoms with Crippen LogP contribution in [0, 0.1) is 6.92 Å². The number of aromatic amines is 1. The van der Waals surface area contributed by atoms with Crippen molar-refractivity contribution in [2.45, 2.75) is 13.5 Å². The van der Waals surface area contributed by atoms with Crippen LogP contribution in [0.15, 0.2) is 61.1 Å². The average molecular weight is 451 g/mol. The number of nitrogens with one attached hydrogen (secondary N) is 2. The van der Waals surface area contributed by atoms with Gasteiger partial charge in [0.25, 0.3) is 5.91 Å². The van der Waals surface area contributed by atoms with E-state index in [-0.39, 0.29) is 11.4 Å². The first kappa shape index (κ1) is 21.0. The lowest BCUT2D eigenvalue weighted by Gasteiger charge is -2.14. The van der Waals surface area contributed by atoms with Gasteiger partial charge in [0, 0.05) is 35.5 Å². The highest BCUT2D eigenvalue weighted by Crippen LogP contribution is 2.35. The maximum Gasteiger partial charge on any atom is 0.269 e. The summed E-state index contributed by atoms with van der Waals surface area (Å²) < 4.78 is 0.